The van der Waals surface area contributed by atoms with Gasteiger partial charge in [0.1, 0.15) is 12.4 Å². The maximum Gasteiger partial charge on any atom is 0.279 e. The summed E-state index contributed by atoms with van der Waals surface area (Å²) in [6.45, 7) is 1.58. The monoisotopic (exact) mass is 420 g/mol. The highest BCUT2D eigenvalue weighted by Gasteiger charge is 2.26. The van der Waals surface area contributed by atoms with Gasteiger partial charge in [-0.1, -0.05) is 30.7 Å². The van der Waals surface area contributed by atoms with E-state index in [1.807, 2.05) is 7.05 Å². The van der Waals surface area contributed by atoms with E-state index in [2.05, 4.69) is 5.32 Å². The van der Waals surface area contributed by atoms with E-state index in [4.69, 9.17) is 0 Å². The van der Waals surface area contributed by atoms with Gasteiger partial charge in [0.2, 0.25) is 10.0 Å². The second kappa shape index (κ2) is 9.47. The fraction of sp³-hybridized carbons (Fsp3) is 0.381. The number of rotatable bonds is 7. The highest BCUT2D eigenvalue weighted by Crippen LogP contribution is 2.22. The number of hydrogen-bond donors (Lipinski definition) is 2. The Labute approximate surface area is 171 Å². The molecule has 1 saturated heterocycles. The predicted octanol–water partition coefficient (Wildman–Crippen LogP) is 1.65. The molecule has 1 aliphatic rings. The number of hydrogen-bond acceptors (Lipinski definition) is 3. The average Bonchev–Trinajstić information content (AvgIpc) is 2.70. The number of anilines is 1. The van der Waals surface area contributed by atoms with Crippen LogP contribution < -0.4 is 10.2 Å². The first-order valence-electron chi connectivity index (χ1n) is 9.81. The first-order valence-corrected chi connectivity index (χ1v) is 11.2. The van der Waals surface area contributed by atoms with Gasteiger partial charge in [0, 0.05) is 24.3 Å². The number of likely N-dealkylation sites (N-methyl/N-ethyl adjacent to an activating group) is 1. The second-order valence-corrected chi connectivity index (χ2v) is 9.38. The van der Waals surface area contributed by atoms with Crippen molar-refractivity contribution in [1.82, 2.24) is 4.31 Å². The minimum atomic E-state index is -3.55. The fourth-order valence-electron chi connectivity index (χ4n) is 3.50. The van der Waals surface area contributed by atoms with Crippen LogP contribution in [-0.4, -0.2) is 45.3 Å². The summed E-state index contributed by atoms with van der Waals surface area (Å²) in [4.78, 5) is 13.4. The standard InChI is InChI=1S/C21H26FN3O3S/c1-24(15-17-8-3-4-11-20(17)22)16-21(26)23-18-9-7-10-19(14-18)29(27,28)25-12-5-2-6-13-25/h3-4,7-11,14H,2,5-6,12-13,15-16H2,1H3,(H,23,26)/p+1. The summed E-state index contributed by atoms with van der Waals surface area (Å²) in [6, 6.07) is 12.8. The van der Waals surface area contributed by atoms with Crippen molar-refractivity contribution in [3.63, 3.8) is 0 Å². The zero-order chi connectivity index (χ0) is 20.9. The van der Waals surface area contributed by atoms with Crippen LogP contribution in [0.5, 0.6) is 0 Å². The number of nitrogens with one attached hydrogen (secondary N) is 2. The molecule has 1 heterocycles. The molecular weight excluding hydrogens is 393 g/mol. The van der Waals surface area contributed by atoms with Gasteiger partial charge in [-0.15, -0.1) is 0 Å². The van der Waals surface area contributed by atoms with Gasteiger partial charge in [0.15, 0.2) is 6.54 Å². The van der Waals surface area contributed by atoms with E-state index in [0.717, 1.165) is 24.2 Å². The van der Waals surface area contributed by atoms with E-state index in [0.29, 0.717) is 30.9 Å². The Kier molecular flexibility index (Phi) is 7.00. The first-order chi connectivity index (χ1) is 13.9. The molecule has 0 spiro atoms. The molecule has 1 aliphatic heterocycles. The molecule has 29 heavy (non-hydrogen) atoms. The van der Waals surface area contributed by atoms with Crippen molar-refractivity contribution in [3.05, 3.63) is 59.9 Å². The first kappa shape index (κ1) is 21.4. The third-order valence-corrected chi connectivity index (χ3v) is 6.88. The molecule has 0 aliphatic carbocycles. The van der Waals surface area contributed by atoms with Crippen LogP contribution in [-0.2, 0) is 21.4 Å². The number of halogens is 1. The van der Waals surface area contributed by atoms with Crippen molar-refractivity contribution < 1.29 is 22.5 Å². The topological polar surface area (TPSA) is 70.9 Å². The van der Waals surface area contributed by atoms with Gasteiger partial charge < -0.3 is 10.2 Å². The highest BCUT2D eigenvalue weighted by molar-refractivity contribution is 7.89. The van der Waals surface area contributed by atoms with Crippen LogP contribution >= 0.6 is 0 Å². The maximum absolute atomic E-state index is 13.8. The van der Waals surface area contributed by atoms with Gasteiger partial charge >= 0.3 is 0 Å². The number of sulfonamides is 1. The minimum Gasteiger partial charge on any atom is -0.326 e. The summed E-state index contributed by atoms with van der Waals surface area (Å²) in [6.07, 6.45) is 2.78. The molecule has 3 rings (SSSR count). The van der Waals surface area contributed by atoms with Crippen molar-refractivity contribution in [2.45, 2.75) is 30.7 Å². The number of amides is 1. The summed E-state index contributed by atoms with van der Waals surface area (Å²) < 4.78 is 40.9. The summed E-state index contributed by atoms with van der Waals surface area (Å²) in [5, 5.41) is 2.75. The minimum absolute atomic E-state index is 0.136. The summed E-state index contributed by atoms with van der Waals surface area (Å²) in [5.41, 5.74) is 0.985. The molecule has 2 aromatic carbocycles. The zero-order valence-corrected chi connectivity index (χ0v) is 17.3. The number of nitrogens with zero attached hydrogens (tertiary/aromatic N) is 1. The number of piperidine rings is 1. The van der Waals surface area contributed by atoms with Gasteiger partial charge in [0.25, 0.3) is 5.91 Å². The number of carbonyl (C=O) groups excluding carboxylic acids is 1. The van der Waals surface area contributed by atoms with E-state index in [9.17, 15) is 17.6 Å². The lowest BCUT2D eigenvalue weighted by molar-refractivity contribution is -0.885. The van der Waals surface area contributed by atoms with Crippen LogP contribution in [0.4, 0.5) is 10.1 Å². The van der Waals surface area contributed by atoms with Gasteiger partial charge in [-0.25, -0.2) is 12.8 Å². The molecule has 6 nitrogen and oxygen atoms in total. The zero-order valence-electron chi connectivity index (χ0n) is 16.5. The maximum atomic E-state index is 13.8. The van der Waals surface area contributed by atoms with Crippen molar-refractivity contribution in [3.8, 4) is 0 Å². The van der Waals surface area contributed by atoms with Crippen LogP contribution in [0.15, 0.2) is 53.4 Å². The molecule has 1 fully saturated rings. The van der Waals surface area contributed by atoms with Crippen LogP contribution in [0, 0.1) is 5.82 Å². The molecular formula is C21H27FN3O3S+. The molecule has 0 radical (unpaired) electrons. The Bertz CT molecular complexity index is 959. The third-order valence-electron chi connectivity index (χ3n) is 4.98. The van der Waals surface area contributed by atoms with Crippen molar-refractivity contribution in [1.29, 1.82) is 0 Å². The lowest BCUT2D eigenvalue weighted by Crippen LogP contribution is -3.08. The normalized spacial score (nSPS) is 16.3. The van der Waals surface area contributed by atoms with Gasteiger partial charge in [0.05, 0.1) is 11.9 Å². The van der Waals surface area contributed by atoms with E-state index in [-0.39, 0.29) is 23.2 Å². The van der Waals surface area contributed by atoms with Crippen LogP contribution in [0.25, 0.3) is 0 Å². The number of benzene rings is 2. The molecule has 8 heteroatoms. The molecule has 2 N–H and O–H groups in total. The Morgan fingerprint density at radius 1 is 1.10 bits per heavy atom. The quantitative estimate of drug-likeness (QED) is 0.716. The van der Waals surface area contributed by atoms with Crippen molar-refractivity contribution >= 4 is 21.6 Å². The van der Waals surface area contributed by atoms with Crippen LogP contribution in [0.3, 0.4) is 0 Å². The fourth-order valence-corrected chi connectivity index (χ4v) is 5.06. The summed E-state index contributed by atoms with van der Waals surface area (Å²) in [7, 11) is -1.74. The molecule has 0 saturated carbocycles. The molecule has 0 bridgehead atoms. The number of quaternary nitrogens is 1. The van der Waals surface area contributed by atoms with Crippen molar-refractivity contribution in [2.24, 2.45) is 0 Å². The Hall–Kier alpha value is -2.29. The lowest BCUT2D eigenvalue weighted by atomic mass is 10.2. The number of carbonyl (C=O) groups is 1. The third kappa shape index (κ3) is 5.62. The average molecular weight is 421 g/mol. The SMILES string of the molecule is C[NH+](CC(=O)Nc1cccc(S(=O)(=O)N2CCCCC2)c1)Cc1ccccc1F. The van der Waals surface area contributed by atoms with Gasteiger partial charge in [-0.3, -0.25) is 4.79 Å². The van der Waals surface area contributed by atoms with E-state index in [1.165, 1.54) is 16.4 Å². The Morgan fingerprint density at radius 3 is 2.55 bits per heavy atom. The van der Waals surface area contributed by atoms with Gasteiger partial charge in [-0.2, -0.15) is 4.31 Å². The summed E-state index contributed by atoms with van der Waals surface area (Å²) >= 11 is 0. The van der Waals surface area contributed by atoms with Crippen LogP contribution in [0.1, 0.15) is 24.8 Å². The second-order valence-electron chi connectivity index (χ2n) is 7.44. The largest absolute Gasteiger partial charge is 0.326 e. The highest BCUT2D eigenvalue weighted by atomic mass is 32.2. The van der Waals surface area contributed by atoms with Crippen molar-refractivity contribution in [2.75, 3.05) is 32.0 Å². The van der Waals surface area contributed by atoms with E-state index >= 15 is 0 Å². The molecule has 2 aromatic rings. The molecule has 1 unspecified atom stereocenters. The molecule has 1 amide bonds. The molecule has 0 aromatic heterocycles. The Balaban J connectivity index is 1.62. The lowest BCUT2D eigenvalue weighted by Gasteiger charge is -2.26. The Morgan fingerprint density at radius 2 is 1.83 bits per heavy atom. The predicted molar refractivity (Wildman–Crippen MR) is 110 cm³/mol. The summed E-state index contributed by atoms with van der Waals surface area (Å²) in [5.74, 6) is -0.547. The van der Waals surface area contributed by atoms with E-state index < -0.39 is 10.0 Å². The molecule has 156 valence electrons. The smallest absolute Gasteiger partial charge is 0.279 e. The van der Waals surface area contributed by atoms with E-state index in [1.54, 1.807) is 36.4 Å². The van der Waals surface area contributed by atoms with Crippen LogP contribution in [0.2, 0.25) is 0 Å². The van der Waals surface area contributed by atoms with Gasteiger partial charge in [-0.05, 0) is 37.1 Å². The molecule has 1 atom stereocenters.